The van der Waals surface area contributed by atoms with Crippen molar-refractivity contribution in [1.29, 1.82) is 0 Å². The molecule has 0 aromatic heterocycles. The Bertz CT molecular complexity index is 486. The number of rotatable bonds is 5. The van der Waals surface area contributed by atoms with E-state index in [9.17, 15) is 14.0 Å². The number of aliphatic carboxylic acids is 1. The summed E-state index contributed by atoms with van der Waals surface area (Å²) in [7, 11) is 0. The van der Waals surface area contributed by atoms with Crippen LogP contribution in [0.2, 0.25) is 0 Å². The van der Waals surface area contributed by atoms with E-state index in [1.54, 1.807) is 19.1 Å². The predicted molar refractivity (Wildman–Crippen MR) is 72.7 cm³/mol. The smallest absolute Gasteiger partial charge is 0.329 e. The third kappa shape index (κ3) is 3.69. The molecule has 0 saturated carbocycles. The van der Waals surface area contributed by atoms with Gasteiger partial charge in [-0.15, -0.1) is 0 Å². The van der Waals surface area contributed by atoms with Crippen LogP contribution in [0.3, 0.4) is 0 Å². The minimum Gasteiger partial charge on any atom is -0.480 e. The summed E-state index contributed by atoms with van der Waals surface area (Å²) >= 11 is 0. The highest BCUT2D eigenvalue weighted by molar-refractivity contribution is 5.85. The van der Waals surface area contributed by atoms with E-state index in [2.05, 4.69) is 5.32 Å². The fourth-order valence-electron chi connectivity index (χ4n) is 1.78. The Morgan fingerprint density at radius 2 is 1.85 bits per heavy atom. The summed E-state index contributed by atoms with van der Waals surface area (Å²) in [5, 5.41) is 11.8. The van der Waals surface area contributed by atoms with Crippen LogP contribution in [0.25, 0.3) is 0 Å². The summed E-state index contributed by atoms with van der Waals surface area (Å²) in [5.41, 5.74) is -0.550. The first-order valence-electron chi connectivity index (χ1n) is 6.32. The maximum atomic E-state index is 12.8. The average Bonchev–Trinajstić information content (AvgIpc) is 2.38. The Kier molecular flexibility index (Phi) is 5.07. The van der Waals surface area contributed by atoms with Crippen LogP contribution >= 0.6 is 0 Å². The number of carboxylic acid groups (broad SMARTS) is 1. The second kappa shape index (κ2) is 6.36. The zero-order chi connectivity index (χ0) is 15.3. The zero-order valence-corrected chi connectivity index (χ0v) is 11.8. The van der Waals surface area contributed by atoms with Gasteiger partial charge in [-0.2, -0.15) is 0 Å². The second-order valence-corrected chi connectivity index (χ2v) is 4.89. The lowest BCUT2D eigenvalue weighted by molar-refractivity contribution is -0.147. The van der Waals surface area contributed by atoms with Gasteiger partial charge in [0, 0.05) is 13.1 Å². The molecule has 1 aromatic carbocycles. The molecular weight excluding hydrogens is 263 g/mol. The van der Waals surface area contributed by atoms with Crippen molar-refractivity contribution in [2.45, 2.75) is 32.9 Å². The molecule has 0 radical (unpaired) electrons. The summed E-state index contributed by atoms with van der Waals surface area (Å²) in [5.74, 6) is -1.42. The molecule has 0 atom stereocenters. The van der Waals surface area contributed by atoms with E-state index in [0.717, 1.165) is 5.56 Å². The quantitative estimate of drug-likeness (QED) is 0.870. The molecule has 6 heteroatoms. The van der Waals surface area contributed by atoms with Crippen LogP contribution in [-0.4, -0.2) is 34.1 Å². The van der Waals surface area contributed by atoms with Crippen molar-refractivity contribution < 1.29 is 19.1 Å². The molecule has 1 rings (SSSR count). The van der Waals surface area contributed by atoms with Crippen LogP contribution in [0, 0.1) is 5.82 Å². The molecule has 0 aliphatic carbocycles. The Morgan fingerprint density at radius 3 is 2.30 bits per heavy atom. The molecule has 20 heavy (non-hydrogen) atoms. The number of carbonyl (C=O) groups excluding carboxylic acids is 1. The lowest BCUT2D eigenvalue weighted by atomic mass is 10.0. The van der Waals surface area contributed by atoms with Gasteiger partial charge in [0.15, 0.2) is 0 Å². The number of amides is 2. The van der Waals surface area contributed by atoms with Gasteiger partial charge in [-0.25, -0.2) is 14.0 Å². The molecule has 1 aromatic rings. The number of urea groups is 1. The van der Waals surface area contributed by atoms with Crippen LogP contribution in [0.4, 0.5) is 9.18 Å². The highest BCUT2D eigenvalue weighted by Gasteiger charge is 2.36. The third-order valence-electron chi connectivity index (χ3n) is 3.12. The number of benzene rings is 1. The standard InChI is InChI=1S/C14H19FN2O3/c1-4-17(14(2,3)12(18)19)13(20)16-9-10-5-7-11(15)8-6-10/h5-8H,4,9H2,1-3H3,(H,16,20)(H,18,19). The molecular formula is C14H19FN2O3. The van der Waals surface area contributed by atoms with Crippen LogP contribution in [0.15, 0.2) is 24.3 Å². The molecule has 0 fully saturated rings. The van der Waals surface area contributed by atoms with E-state index in [4.69, 9.17) is 5.11 Å². The molecule has 0 aliphatic heterocycles. The minimum absolute atomic E-state index is 0.214. The molecule has 0 bridgehead atoms. The summed E-state index contributed by atoms with van der Waals surface area (Å²) in [4.78, 5) is 24.5. The van der Waals surface area contributed by atoms with E-state index in [0.29, 0.717) is 0 Å². The van der Waals surface area contributed by atoms with Crippen molar-refractivity contribution in [1.82, 2.24) is 10.2 Å². The largest absolute Gasteiger partial charge is 0.480 e. The lowest BCUT2D eigenvalue weighted by Crippen LogP contribution is -2.55. The first kappa shape index (κ1) is 15.9. The van der Waals surface area contributed by atoms with E-state index >= 15 is 0 Å². The van der Waals surface area contributed by atoms with Crippen molar-refractivity contribution in [3.05, 3.63) is 35.6 Å². The third-order valence-corrected chi connectivity index (χ3v) is 3.12. The lowest BCUT2D eigenvalue weighted by Gasteiger charge is -2.34. The Hall–Kier alpha value is -2.11. The van der Waals surface area contributed by atoms with Crippen LogP contribution in [-0.2, 0) is 11.3 Å². The number of hydrogen-bond acceptors (Lipinski definition) is 2. The number of carbonyl (C=O) groups is 2. The normalized spacial score (nSPS) is 11.0. The zero-order valence-electron chi connectivity index (χ0n) is 11.8. The van der Waals surface area contributed by atoms with Crippen molar-refractivity contribution in [3.8, 4) is 0 Å². The topological polar surface area (TPSA) is 69.6 Å². The highest BCUT2D eigenvalue weighted by Crippen LogP contribution is 2.14. The SMILES string of the molecule is CCN(C(=O)NCc1ccc(F)cc1)C(C)(C)C(=O)O. The molecule has 0 aliphatic rings. The molecule has 0 unspecified atom stereocenters. The number of carboxylic acids is 1. The van der Waals surface area contributed by atoms with Crippen molar-refractivity contribution >= 4 is 12.0 Å². The second-order valence-electron chi connectivity index (χ2n) is 4.89. The van der Waals surface area contributed by atoms with Crippen LogP contribution < -0.4 is 5.32 Å². The highest BCUT2D eigenvalue weighted by atomic mass is 19.1. The Balaban J connectivity index is 2.69. The van der Waals surface area contributed by atoms with E-state index in [-0.39, 0.29) is 18.9 Å². The van der Waals surface area contributed by atoms with Crippen molar-refractivity contribution in [2.24, 2.45) is 0 Å². The molecule has 2 amide bonds. The van der Waals surface area contributed by atoms with E-state index < -0.39 is 17.5 Å². The summed E-state index contributed by atoms with van der Waals surface area (Å²) in [6.07, 6.45) is 0. The number of hydrogen-bond donors (Lipinski definition) is 2. The summed E-state index contributed by atoms with van der Waals surface area (Å²) < 4.78 is 12.8. The fraction of sp³-hybridized carbons (Fsp3) is 0.429. The molecule has 0 saturated heterocycles. The van der Waals surface area contributed by atoms with Gasteiger partial charge in [0.1, 0.15) is 11.4 Å². The number of halogens is 1. The molecule has 5 nitrogen and oxygen atoms in total. The van der Waals surface area contributed by atoms with Gasteiger partial charge in [0.2, 0.25) is 0 Å². The van der Waals surface area contributed by atoms with Gasteiger partial charge < -0.3 is 15.3 Å². The monoisotopic (exact) mass is 282 g/mol. The van der Waals surface area contributed by atoms with Crippen LogP contribution in [0.1, 0.15) is 26.3 Å². The summed E-state index contributed by atoms with van der Waals surface area (Å²) in [6, 6.07) is 5.27. The number of nitrogens with zero attached hydrogens (tertiary/aromatic N) is 1. The van der Waals surface area contributed by atoms with Gasteiger partial charge in [0.05, 0.1) is 0 Å². The average molecular weight is 282 g/mol. The molecule has 0 heterocycles. The minimum atomic E-state index is -1.29. The number of nitrogens with one attached hydrogen (secondary N) is 1. The van der Waals surface area contributed by atoms with Crippen LogP contribution in [0.5, 0.6) is 0 Å². The van der Waals surface area contributed by atoms with Gasteiger partial charge in [-0.3, -0.25) is 0 Å². The first-order chi connectivity index (χ1) is 9.28. The Morgan fingerprint density at radius 1 is 1.30 bits per heavy atom. The Labute approximate surface area is 117 Å². The van der Waals surface area contributed by atoms with E-state index in [1.807, 2.05) is 0 Å². The van der Waals surface area contributed by atoms with Crippen molar-refractivity contribution in [2.75, 3.05) is 6.54 Å². The molecule has 110 valence electrons. The number of likely N-dealkylation sites (N-methyl/N-ethyl adjacent to an activating group) is 1. The maximum Gasteiger partial charge on any atom is 0.329 e. The molecule has 0 spiro atoms. The van der Waals surface area contributed by atoms with E-state index in [1.165, 1.54) is 30.9 Å². The fourth-order valence-corrected chi connectivity index (χ4v) is 1.78. The summed E-state index contributed by atoms with van der Waals surface area (Å²) in [6.45, 7) is 5.13. The predicted octanol–water partition coefficient (Wildman–Crippen LogP) is 2.22. The first-order valence-corrected chi connectivity index (χ1v) is 6.32. The van der Waals surface area contributed by atoms with Gasteiger partial charge in [-0.1, -0.05) is 12.1 Å². The molecule has 2 N–H and O–H groups in total. The van der Waals surface area contributed by atoms with Gasteiger partial charge >= 0.3 is 12.0 Å². The van der Waals surface area contributed by atoms with Crippen molar-refractivity contribution in [3.63, 3.8) is 0 Å². The van der Waals surface area contributed by atoms with Gasteiger partial charge in [0.25, 0.3) is 0 Å². The maximum absolute atomic E-state index is 12.8. The van der Waals surface area contributed by atoms with Gasteiger partial charge in [-0.05, 0) is 38.5 Å².